The Kier molecular flexibility index (Phi) is 3.74. The topological polar surface area (TPSA) is 25.8 Å². The third-order valence-electron chi connectivity index (χ3n) is 1.14. The van der Waals surface area contributed by atoms with E-state index in [0.717, 1.165) is 0 Å². The van der Waals surface area contributed by atoms with Crippen molar-refractivity contribution >= 4 is 45.8 Å². The molecule has 1 heterocycles. The minimum absolute atomic E-state index is 0.396. The number of hydrogen-bond donors (Lipinski definition) is 0. The summed E-state index contributed by atoms with van der Waals surface area (Å²) in [7, 11) is 0. The first-order valence-electron chi connectivity index (χ1n) is 3.13. The van der Waals surface area contributed by atoms with Gasteiger partial charge >= 0.3 is 0 Å². The second-order valence-electron chi connectivity index (χ2n) is 2.03. The van der Waals surface area contributed by atoms with E-state index < -0.39 is 0 Å². The van der Waals surface area contributed by atoms with Crippen LogP contribution >= 0.6 is 45.8 Å². The van der Waals surface area contributed by atoms with Crippen molar-refractivity contribution in [1.29, 1.82) is 0 Å². The summed E-state index contributed by atoms with van der Waals surface area (Å²) in [4.78, 5) is 8.03. The van der Waals surface area contributed by atoms with Gasteiger partial charge in [0.05, 0.1) is 3.57 Å². The van der Waals surface area contributed by atoms with E-state index in [1.165, 1.54) is 0 Å². The van der Waals surface area contributed by atoms with E-state index in [1.54, 1.807) is 6.08 Å². The fraction of sp³-hybridized carbons (Fsp3) is 0.143. The maximum atomic E-state index is 5.78. The van der Waals surface area contributed by atoms with Gasteiger partial charge in [0.2, 0.25) is 0 Å². The van der Waals surface area contributed by atoms with Gasteiger partial charge in [0.1, 0.15) is 16.1 Å². The molecule has 0 N–H and O–H groups in total. The predicted octanol–water partition coefficient (Wildman–Crippen LogP) is 3.12. The van der Waals surface area contributed by atoms with E-state index in [0.29, 0.717) is 26.1 Å². The molecule has 12 heavy (non-hydrogen) atoms. The second kappa shape index (κ2) is 4.39. The first-order chi connectivity index (χ1) is 5.65. The van der Waals surface area contributed by atoms with Crippen LogP contribution in [0.5, 0.6) is 0 Å². The van der Waals surface area contributed by atoms with Crippen LogP contribution in [-0.4, -0.2) is 9.97 Å². The van der Waals surface area contributed by atoms with Gasteiger partial charge in [-0.25, -0.2) is 9.97 Å². The second-order valence-corrected chi connectivity index (χ2v) is 3.82. The number of aromatic nitrogens is 2. The van der Waals surface area contributed by atoms with Gasteiger partial charge in [0, 0.05) is 6.42 Å². The fourth-order valence-electron chi connectivity index (χ4n) is 0.655. The first kappa shape index (κ1) is 10.2. The Labute approximate surface area is 94.1 Å². The number of rotatable bonds is 2. The molecule has 0 spiro atoms. The first-order valence-corrected chi connectivity index (χ1v) is 4.97. The van der Waals surface area contributed by atoms with Gasteiger partial charge in [0.15, 0.2) is 0 Å². The molecule has 0 unspecified atom stereocenters. The highest BCUT2D eigenvalue weighted by Crippen LogP contribution is 2.22. The lowest BCUT2D eigenvalue weighted by Gasteiger charge is -2.00. The van der Waals surface area contributed by atoms with Crippen molar-refractivity contribution in [3.8, 4) is 0 Å². The minimum Gasteiger partial charge on any atom is -0.220 e. The molecule has 0 aliphatic heterocycles. The predicted molar refractivity (Wildman–Crippen MR) is 58.7 cm³/mol. The summed E-state index contributed by atoms with van der Waals surface area (Å²) in [6.45, 7) is 3.57. The molecule has 0 atom stereocenters. The molecule has 1 aromatic heterocycles. The Morgan fingerprint density at radius 2 is 1.83 bits per heavy atom. The van der Waals surface area contributed by atoms with Crippen LogP contribution in [0.1, 0.15) is 5.82 Å². The van der Waals surface area contributed by atoms with Crippen LogP contribution in [0, 0.1) is 3.57 Å². The van der Waals surface area contributed by atoms with Gasteiger partial charge in [-0.15, -0.1) is 6.58 Å². The maximum absolute atomic E-state index is 5.78. The van der Waals surface area contributed by atoms with Crippen molar-refractivity contribution in [3.63, 3.8) is 0 Å². The maximum Gasteiger partial charge on any atom is 0.147 e. The van der Waals surface area contributed by atoms with Crippen LogP contribution < -0.4 is 0 Å². The quantitative estimate of drug-likeness (QED) is 0.476. The van der Waals surface area contributed by atoms with E-state index in [4.69, 9.17) is 23.2 Å². The number of hydrogen-bond acceptors (Lipinski definition) is 2. The molecule has 0 amide bonds. The summed E-state index contributed by atoms with van der Waals surface area (Å²) >= 11 is 13.6. The highest BCUT2D eigenvalue weighted by atomic mass is 127. The van der Waals surface area contributed by atoms with Crippen molar-refractivity contribution in [1.82, 2.24) is 9.97 Å². The molecule has 0 saturated carbocycles. The Hall–Kier alpha value is 0.130. The van der Waals surface area contributed by atoms with Crippen molar-refractivity contribution in [3.05, 3.63) is 32.4 Å². The molecule has 0 aromatic carbocycles. The van der Waals surface area contributed by atoms with E-state index in [2.05, 4.69) is 16.5 Å². The van der Waals surface area contributed by atoms with E-state index >= 15 is 0 Å². The zero-order valence-electron chi connectivity index (χ0n) is 6.02. The third-order valence-corrected chi connectivity index (χ3v) is 3.35. The normalized spacial score (nSPS) is 9.92. The molecule has 0 saturated heterocycles. The zero-order chi connectivity index (χ0) is 9.14. The monoisotopic (exact) mass is 314 g/mol. The minimum atomic E-state index is 0.396. The molecule has 0 aliphatic carbocycles. The molecule has 2 nitrogen and oxygen atoms in total. The highest BCUT2D eigenvalue weighted by molar-refractivity contribution is 14.1. The summed E-state index contributed by atoms with van der Waals surface area (Å²) in [5.74, 6) is 0.598. The Bertz CT molecular complexity index is 291. The number of halogens is 3. The van der Waals surface area contributed by atoms with Crippen LogP contribution in [0.25, 0.3) is 0 Å². The van der Waals surface area contributed by atoms with Gasteiger partial charge in [-0.3, -0.25) is 0 Å². The van der Waals surface area contributed by atoms with Crippen LogP contribution in [0.2, 0.25) is 10.3 Å². The van der Waals surface area contributed by atoms with Gasteiger partial charge in [0.25, 0.3) is 0 Å². The molecule has 1 aromatic rings. The molecule has 64 valence electrons. The molecule has 1 rings (SSSR count). The number of allylic oxidation sites excluding steroid dienone is 1. The smallest absolute Gasteiger partial charge is 0.147 e. The van der Waals surface area contributed by atoms with Crippen LogP contribution in [0.3, 0.4) is 0 Å². The fourth-order valence-corrected chi connectivity index (χ4v) is 1.32. The van der Waals surface area contributed by atoms with Gasteiger partial charge in [-0.05, 0) is 22.6 Å². The average Bonchev–Trinajstić information content (AvgIpc) is 2.01. The van der Waals surface area contributed by atoms with Crippen LogP contribution in [0.4, 0.5) is 0 Å². The molecular weight excluding hydrogens is 310 g/mol. The van der Waals surface area contributed by atoms with Gasteiger partial charge in [-0.1, -0.05) is 29.3 Å². The Balaban J connectivity index is 3.11. The van der Waals surface area contributed by atoms with Crippen molar-refractivity contribution in [2.24, 2.45) is 0 Å². The summed E-state index contributed by atoms with van der Waals surface area (Å²) in [6, 6.07) is 0. The molecular formula is C7H5Cl2IN2. The molecule has 0 radical (unpaired) electrons. The molecule has 5 heteroatoms. The lowest BCUT2D eigenvalue weighted by Crippen LogP contribution is -1.96. The molecule has 0 aliphatic rings. The highest BCUT2D eigenvalue weighted by Gasteiger charge is 2.06. The zero-order valence-corrected chi connectivity index (χ0v) is 9.69. The van der Waals surface area contributed by atoms with Crippen LogP contribution in [0.15, 0.2) is 12.7 Å². The van der Waals surface area contributed by atoms with Gasteiger partial charge < -0.3 is 0 Å². The van der Waals surface area contributed by atoms with Crippen molar-refractivity contribution in [2.75, 3.05) is 0 Å². The SMILES string of the molecule is C=CCc1nc(Cl)c(I)c(Cl)n1. The van der Waals surface area contributed by atoms with Crippen LogP contribution in [-0.2, 0) is 6.42 Å². The largest absolute Gasteiger partial charge is 0.220 e. The van der Waals surface area contributed by atoms with E-state index in [-0.39, 0.29) is 0 Å². The summed E-state index contributed by atoms with van der Waals surface area (Å²) in [5.41, 5.74) is 0. The standard InChI is InChI=1S/C7H5Cl2IN2/c1-2-3-4-11-6(8)5(10)7(9)12-4/h2H,1,3H2. The lowest BCUT2D eigenvalue weighted by atomic mass is 10.4. The summed E-state index contributed by atoms with van der Waals surface area (Å²) in [6.07, 6.45) is 2.28. The van der Waals surface area contributed by atoms with Crippen molar-refractivity contribution in [2.45, 2.75) is 6.42 Å². The Morgan fingerprint density at radius 3 is 2.25 bits per heavy atom. The summed E-state index contributed by atoms with van der Waals surface area (Å²) in [5, 5.41) is 0.792. The summed E-state index contributed by atoms with van der Waals surface area (Å²) < 4.78 is 0.684. The lowest BCUT2D eigenvalue weighted by molar-refractivity contribution is 0.983. The van der Waals surface area contributed by atoms with Crippen molar-refractivity contribution < 1.29 is 0 Å². The van der Waals surface area contributed by atoms with Gasteiger partial charge in [-0.2, -0.15) is 0 Å². The molecule has 0 fully saturated rings. The third kappa shape index (κ3) is 2.31. The molecule has 0 bridgehead atoms. The average molecular weight is 315 g/mol. The van der Waals surface area contributed by atoms with E-state index in [9.17, 15) is 0 Å². The van der Waals surface area contributed by atoms with E-state index in [1.807, 2.05) is 22.6 Å². The Morgan fingerprint density at radius 1 is 1.33 bits per heavy atom. The number of nitrogens with zero attached hydrogens (tertiary/aromatic N) is 2.